The molecule has 0 spiro atoms. The smallest absolute Gasteiger partial charge is 0.342 e. The summed E-state index contributed by atoms with van der Waals surface area (Å²) in [4.78, 5) is 13.0. The molecule has 2 heterocycles. The zero-order valence-electron chi connectivity index (χ0n) is 20.6. The van der Waals surface area contributed by atoms with E-state index in [0.29, 0.717) is 33.6 Å². The zero-order valence-corrected chi connectivity index (χ0v) is 23.7. The van der Waals surface area contributed by atoms with Crippen LogP contribution < -0.4 is 10.00 Å². The van der Waals surface area contributed by atoms with E-state index in [-0.39, 0.29) is 19.1 Å². The summed E-state index contributed by atoms with van der Waals surface area (Å²) in [6.45, 7) is 4.25. The minimum atomic E-state index is -3.92. The Bertz CT molecular complexity index is 1510. The van der Waals surface area contributed by atoms with E-state index in [1.165, 1.54) is 16.0 Å². The van der Waals surface area contributed by atoms with Crippen LogP contribution in [0.4, 0.5) is 11.4 Å². The van der Waals surface area contributed by atoms with Crippen molar-refractivity contribution in [2.24, 2.45) is 0 Å². The first-order valence-corrected chi connectivity index (χ1v) is 14.6. The normalized spacial score (nSPS) is 11.1. The molecule has 38 heavy (non-hydrogen) atoms. The van der Waals surface area contributed by atoms with Crippen LogP contribution in [0.25, 0.3) is 10.2 Å². The van der Waals surface area contributed by atoms with Crippen LogP contribution in [-0.2, 0) is 26.1 Å². The van der Waals surface area contributed by atoms with Gasteiger partial charge in [-0.05, 0) is 49.1 Å². The Morgan fingerprint density at radius 3 is 2.66 bits per heavy atom. The van der Waals surface area contributed by atoms with Gasteiger partial charge in [-0.1, -0.05) is 46.1 Å². The Morgan fingerprint density at radius 1 is 1.16 bits per heavy atom. The highest BCUT2D eigenvalue weighted by Crippen LogP contribution is 2.36. The third kappa shape index (κ3) is 8.62. The molecule has 9 nitrogen and oxygen atoms in total. The van der Waals surface area contributed by atoms with E-state index in [9.17, 15) is 13.2 Å². The van der Waals surface area contributed by atoms with Gasteiger partial charge in [0.15, 0.2) is 24.4 Å². The molecular formula is C25H26Cl2N3O6S2+. The van der Waals surface area contributed by atoms with E-state index >= 15 is 0 Å². The van der Waals surface area contributed by atoms with Gasteiger partial charge in [-0.2, -0.15) is 8.42 Å². The predicted octanol–water partition coefficient (Wildman–Crippen LogP) is 5.67. The minimum Gasteiger partial charge on any atom is -0.435 e. The highest BCUT2D eigenvalue weighted by atomic mass is 35.5. The lowest BCUT2D eigenvalue weighted by atomic mass is 10.1. The molecular weight excluding hydrogens is 573 g/mol. The fourth-order valence-electron chi connectivity index (χ4n) is 3.10. The Morgan fingerprint density at radius 2 is 1.92 bits per heavy atom. The molecule has 4 aromatic rings. The number of rotatable bonds is 9. The highest BCUT2D eigenvalue weighted by Gasteiger charge is 2.16. The molecule has 0 unspecified atom stereocenters. The average molecular weight is 600 g/mol. The lowest BCUT2D eigenvalue weighted by molar-refractivity contribution is -0.747. The van der Waals surface area contributed by atoms with Crippen molar-refractivity contribution >= 4 is 72.2 Å². The molecule has 0 radical (unpaired) electrons. The second kappa shape index (κ2) is 13.8. The van der Waals surface area contributed by atoms with Crippen LogP contribution in [0.3, 0.4) is 0 Å². The van der Waals surface area contributed by atoms with Crippen molar-refractivity contribution in [1.29, 1.82) is 0 Å². The largest absolute Gasteiger partial charge is 0.435 e. The van der Waals surface area contributed by atoms with Crippen molar-refractivity contribution in [1.82, 2.24) is 5.10 Å². The number of aryl methyl sites for hydroxylation is 2. The molecule has 0 fully saturated rings. The SMILES string of the molecule is CCOCOC(=O)c1ccccc1Nc1c(Cl)ccc(C)c1Cl.O=S(=O)(O)CC[n+]1ccc2ccsc2n1. The van der Waals surface area contributed by atoms with E-state index < -0.39 is 16.1 Å². The van der Waals surface area contributed by atoms with Crippen LogP contribution in [0.2, 0.25) is 10.0 Å². The monoisotopic (exact) mass is 598 g/mol. The number of fused-ring (bicyclic) bond motifs is 1. The number of carbonyl (C=O) groups is 1. The van der Waals surface area contributed by atoms with Gasteiger partial charge in [0.05, 0.1) is 27.0 Å². The van der Waals surface area contributed by atoms with Crippen molar-refractivity contribution in [2.45, 2.75) is 20.4 Å². The summed E-state index contributed by atoms with van der Waals surface area (Å²) in [7, 11) is -3.92. The molecule has 0 aliphatic rings. The van der Waals surface area contributed by atoms with Gasteiger partial charge in [-0.15, -0.1) is 11.3 Å². The summed E-state index contributed by atoms with van der Waals surface area (Å²) in [6, 6.07) is 14.4. The van der Waals surface area contributed by atoms with Crippen LogP contribution in [0.5, 0.6) is 0 Å². The number of para-hydroxylation sites is 1. The Labute approximate surface area is 234 Å². The number of nitrogens with one attached hydrogen (secondary N) is 1. The van der Waals surface area contributed by atoms with E-state index in [1.54, 1.807) is 36.5 Å². The molecule has 2 N–H and O–H groups in total. The molecule has 202 valence electrons. The van der Waals surface area contributed by atoms with Crippen LogP contribution in [-0.4, -0.2) is 43.2 Å². The Kier molecular flexibility index (Phi) is 10.8. The zero-order chi connectivity index (χ0) is 27.7. The summed E-state index contributed by atoms with van der Waals surface area (Å²) >= 11 is 14.0. The average Bonchev–Trinajstić information content (AvgIpc) is 3.36. The molecule has 13 heteroatoms. The number of hydrogen-bond donors (Lipinski definition) is 2. The van der Waals surface area contributed by atoms with Gasteiger partial charge in [0.1, 0.15) is 5.75 Å². The number of nitrogens with zero attached hydrogens (tertiary/aromatic N) is 2. The number of aromatic nitrogens is 2. The number of hydrogen-bond acceptors (Lipinski definition) is 8. The van der Waals surface area contributed by atoms with Gasteiger partial charge < -0.3 is 14.8 Å². The van der Waals surface area contributed by atoms with E-state index in [0.717, 1.165) is 15.8 Å². The third-order valence-corrected chi connectivity index (χ3v) is 7.38. The van der Waals surface area contributed by atoms with Gasteiger partial charge in [0.25, 0.3) is 10.1 Å². The number of carbonyl (C=O) groups excluding carboxylic acids is 1. The fourth-order valence-corrected chi connectivity index (χ4v) is 4.75. The molecule has 0 aliphatic carbocycles. The number of anilines is 2. The van der Waals surface area contributed by atoms with Gasteiger partial charge in [0.2, 0.25) is 0 Å². The van der Waals surface area contributed by atoms with Crippen molar-refractivity contribution < 1.29 is 31.9 Å². The molecule has 0 aliphatic heterocycles. The maximum atomic E-state index is 12.2. The Balaban J connectivity index is 0.000000230. The summed E-state index contributed by atoms with van der Waals surface area (Å²) in [6.07, 6.45) is 1.69. The van der Waals surface area contributed by atoms with Crippen molar-refractivity contribution in [2.75, 3.05) is 24.5 Å². The summed E-state index contributed by atoms with van der Waals surface area (Å²) < 4.78 is 41.3. The third-order valence-electron chi connectivity index (χ3n) is 5.07. The lowest BCUT2D eigenvalue weighted by Gasteiger charge is -2.15. The first kappa shape index (κ1) is 29.8. The van der Waals surface area contributed by atoms with Crippen LogP contribution >= 0.6 is 34.5 Å². The van der Waals surface area contributed by atoms with Crippen molar-refractivity contribution in [3.63, 3.8) is 0 Å². The van der Waals surface area contributed by atoms with Gasteiger partial charge >= 0.3 is 5.97 Å². The molecule has 0 amide bonds. The molecule has 0 saturated carbocycles. The molecule has 0 atom stereocenters. The Hall–Kier alpha value is -2.80. The molecule has 0 bridgehead atoms. The number of thiophene rings is 1. The van der Waals surface area contributed by atoms with Gasteiger partial charge in [0, 0.05) is 23.2 Å². The van der Waals surface area contributed by atoms with E-state index in [1.807, 2.05) is 37.4 Å². The number of halogens is 2. The summed E-state index contributed by atoms with van der Waals surface area (Å²) in [5, 5.41) is 11.2. The fraction of sp³-hybridized carbons (Fsp3) is 0.240. The van der Waals surface area contributed by atoms with E-state index in [4.69, 9.17) is 37.2 Å². The molecule has 4 rings (SSSR count). The number of ether oxygens (including phenoxy) is 2. The summed E-state index contributed by atoms with van der Waals surface area (Å²) in [5.74, 6) is -0.803. The standard InChI is InChI=1S/C17H17Cl2NO3.C8H8N2O3S2/c1-3-22-10-23-17(21)12-6-4-5-7-14(12)20-16-13(18)9-8-11(2)15(16)19;11-15(12,13)6-4-10-3-1-7-2-5-14-8(7)9-10/h4-9,20H,3,10H2,1-2H3;1-3,5H,4,6H2/p+1. The summed E-state index contributed by atoms with van der Waals surface area (Å²) in [5.41, 5.74) is 2.37. The molecule has 0 saturated heterocycles. The van der Waals surface area contributed by atoms with E-state index in [2.05, 4.69) is 10.4 Å². The molecule has 2 aromatic carbocycles. The van der Waals surface area contributed by atoms with Gasteiger partial charge in [-0.3, -0.25) is 4.55 Å². The van der Waals surface area contributed by atoms with Crippen molar-refractivity contribution in [3.8, 4) is 0 Å². The van der Waals surface area contributed by atoms with Crippen LogP contribution in [0, 0.1) is 6.92 Å². The minimum absolute atomic E-state index is 0.0877. The lowest BCUT2D eigenvalue weighted by Crippen LogP contribution is -2.40. The van der Waals surface area contributed by atoms with Crippen molar-refractivity contribution in [3.05, 3.63) is 81.3 Å². The number of esters is 1. The maximum Gasteiger partial charge on any atom is 0.342 e. The molecule has 2 aromatic heterocycles. The first-order valence-electron chi connectivity index (χ1n) is 11.3. The maximum absolute atomic E-state index is 12.2. The quantitative estimate of drug-likeness (QED) is 0.0831. The first-order chi connectivity index (χ1) is 18.1. The topological polar surface area (TPSA) is 119 Å². The van der Waals surface area contributed by atoms with Gasteiger partial charge in [-0.25, -0.2) is 4.79 Å². The predicted molar refractivity (Wildman–Crippen MR) is 149 cm³/mol. The second-order valence-corrected chi connectivity index (χ2v) is 11.1. The van der Waals surface area contributed by atoms with Crippen LogP contribution in [0.15, 0.2) is 60.1 Å². The van der Waals surface area contributed by atoms with Crippen LogP contribution in [0.1, 0.15) is 22.8 Å². The second-order valence-electron chi connectivity index (χ2n) is 7.81. The number of benzene rings is 2. The highest BCUT2D eigenvalue weighted by molar-refractivity contribution is 7.85.